The Labute approximate surface area is 106 Å². The molecular weight excluding hydrogens is 206 g/mol. The van der Waals surface area contributed by atoms with Crippen molar-refractivity contribution in [2.24, 2.45) is 17.6 Å². The highest BCUT2D eigenvalue weighted by Gasteiger charge is 2.09. The van der Waals surface area contributed by atoms with Crippen molar-refractivity contribution in [3.63, 3.8) is 0 Å². The van der Waals surface area contributed by atoms with Crippen LogP contribution < -0.4 is 5.73 Å². The van der Waals surface area contributed by atoms with E-state index in [1.807, 2.05) is 0 Å². The van der Waals surface area contributed by atoms with Gasteiger partial charge in [-0.25, -0.2) is 0 Å². The van der Waals surface area contributed by atoms with Gasteiger partial charge in [-0.1, -0.05) is 51.0 Å². The quantitative estimate of drug-likeness (QED) is 0.758. The van der Waals surface area contributed by atoms with Gasteiger partial charge < -0.3 is 5.73 Å². The molecular formula is C16H27N. The molecule has 0 aliphatic carbocycles. The molecule has 0 saturated carbocycles. The Hall–Kier alpha value is -0.820. The number of hydrogen-bond acceptors (Lipinski definition) is 1. The second kappa shape index (κ2) is 7.50. The molecule has 0 radical (unpaired) electrons. The number of benzene rings is 1. The van der Waals surface area contributed by atoms with E-state index in [0.29, 0.717) is 5.92 Å². The Balaban J connectivity index is 2.44. The fraction of sp³-hybridized carbons (Fsp3) is 0.625. The largest absolute Gasteiger partial charge is 0.330 e. The predicted molar refractivity (Wildman–Crippen MR) is 76.1 cm³/mol. The fourth-order valence-electron chi connectivity index (χ4n) is 2.27. The summed E-state index contributed by atoms with van der Waals surface area (Å²) in [5.41, 5.74) is 8.75. The van der Waals surface area contributed by atoms with Crippen molar-refractivity contribution in [1.82, 2.24) is 0 Å². The van der Waals surface area contributed by atoms with Gasteiger partial charge in [-0.15, -0.1) is 0 Å². The predicted octanol–water partition coefficient (Wildman–Crippen LogP) is 3.94. The van der Waals surface area contributed by atoms with E-state index in [1.165, 1.54) is 30.4 Å². The Morgan fingerprint density at radius 2 is 1.82 bits per heavy atom. The zero-order valence-corrected chi connectivity index (χ0v) is 11.6. The molecule has 0 aromatic heterocycles. The lowest BCUT2D eigenvalue weighted by molar-refractivity contribution is 0.436. The minimum absolute atomic E-state index is 0.648. The van der Waals surface area contributed by atoms with Gasteiger partial charge in [0.05, 0.1) is 0 Å². The molecule has 0 fully saturated rings. The summed E-state index contributed by atoms with van der Waals surface area (Å²) in [6, 6.07) is 8.66. The van der Waals surface area contributed by atoms with Gasteiger partial charge in [0.25, 0.3) is 0 Å². The van der Waals surface area contributed by atoms with Gasteiger partial charge in [0.2, 0.25) is 0 Å². The van der Waals surface area contributed by atoms with Crippen molar-refractivity contribution in [1.29, 1.82) is 0 Å². The van der Waals surface area contributed by atoms with Crippen molar-refractivity contribution >= 4 is 0 Å². The van der Waals surface area contributed by atoms with E-state index in [1.54, 1.807) is 0 Å². The monoisotopic (exact) mass is 233 g/mol. The molecule has 1 atom stereocenters. The third kappa shape index (κ3) is 5.36. The first-order valence-electron chi connectivity index (χ1n) is 6.88. The van der Waals surface area contributed by atoms with Gasteiger partial charge >= 0.3 is 0 Å². The highest BCUT2D eigenvalue weighted by Crippen LogP contribution is 2.18. The van der Waals surface area contributed by atoms with Crippen LogP contribution in [0.15, 0.2) is 24.3 Å². The van der Waals surface area contributed by atoms with Gasteiger partial charge in [-0.05, 0) is 49.3 Å². The average molecular weight is 233 g/mol. The molecule has 1 heteroatoms. The molecule has 0 bridgehead atoms. The van der Waals surface area contributed by atoms with E-state index in [-0.39, 0.29) is 0 Å². The highest BCUT2D eigenvalue weighted by atomic mass is 14.5. The third-order valence-electron chi connectivity index (χ3n) is 3.50. The molecule has 2 N–H and O–H groups in total. The first-order valence-corrected chi connectivity index (χ1v) is 6.88. The zero-order valence-electron chi connectivity index (χ0n) is 11.6. The van der Waals surface area contributed by atoms with Crippen LogP contribution in [0.3, 0.4) is 0 Å². The maximum atomic E-state index is 5.89. The lowest BCUT2D eigenvalue weighted by Crippen LogP contribution is -2.17. The molecule has 1 nitrogen and oxygen atoms in total. The van der Waals surface area contributed by atoms with Crippen LogP contribution in [0.5, 0.6) is 0 Å². The first-order chi connectivity index (χ1) is 8.13. The molecule has 0 heterocycles. The van der Waals surface area contributed by atoms with Crippen LogP contribution in [0.4, 0.5) is 0 Å². The van der Waals surface area contributed by atoms with Crippen LogP contribution in [-0.2, 0) is 6.42 Å². The smallest absolute Gasteiger partial charge is 0.00457 e. The van der Waals surface area contributed by atoms with Crippen LogP contribution in [0.1, 0.15) is 44.2 Å². The van der Waals surface area contributed by atoms with Crippen molar-refractivity contribution < 1.29 is 0 Å². The highest BCUT2D eigenvalue weighted by molar-refractivity contribution is 5.25. The second-order valence-corrected chi connectivity index (χ2v) is 5.56. The maximum Gasteiger partial charge on any atom is -0.00457 e. The van der Waals surface area contributed by atoms with E-state index < -0.39 is 0 Å². The molecule has 1 unspecified atom stereocenters. The summed E-state index contributed by atoms with van der Waals surface area (Å²) in [5.74, 6) is 1.46. The Morgan fingerprint density at radius 3 is 2.41 bits per heavy atom. The summed E-state index contributed by atoms with van der Waals surface area (Å²) >= 11 is 0. The molecule has 0 aliphatic rings. The number of nitrogens with two attached hydrogens (primary N) is 1. The van der Waals surface area contributed by atoms with E-state index in [2.05, 4.69) is 45.0 Å². The Bertz CT molecular complexity index is 317. The molecule has 17 heavy (non-hydrogen) atoms. The van der Waals surface area contributed by atoms with Gasteiger partial charge in [-0.3, -0.25) is 0 Å². The second-order valence-electron chi connectivity index (χ2n) is 5.56. The first kappa shape index (κ1) is 14.2. The third-order valence-corrected chi connectivity index (χ3v) is 3.50. The standard InChI is InChI=1S/C16H27N/c1-13(2)7-6-9-15(12-17)11-16-10-5-4-8-14(16)3/h4-5,8,10,13,15H,6-7,9,11-12,17H2,1-3H3. The van der Waals surface area contributed by atoms with Crippen molar-refractivity contribution in [2.75, 3.05) is 6.54 Å². The maximum absolute atomic E-state index is 5.89. The van der Waals surface area contributed by atoms with Crippen LogP contribution >= 0.6 is 0 Å². The van der Waals surface area contributed by atoms with Crippen LogP contribution in [0.25, 0.3) is 0 Å². The van der Waals surface area contributed by atoms with Crippen LogP contribution in [-0.4, -0.2) is 6.54 Å². The van der Waals surface area contributed by atoms with E-state index >= 15 is 0 Å². The molecule has 1 aromatic carbocycles. The lowest BCUT2D eigenvalue weighted by atomic mass is 9.91. The van der Waals surface area contributed by atoms with E-state index in [4.69, 9.17) is 5.73 Å². The molecule has 0 aliphatic heterocycles. The Morgan fingerprint density at radius 1 is 1.12 bits per heavy atom. The van der Waals surface area contributed by atoms with Crippen molar-refractivity contribution in [2.45, 2.75) is 46.5 Å². The summed E-state index contributed by atoms with van der Waals surface area (Å²) in [7, 11) is 0. The number of rotatable bonds is 7. The molecule has 1 aromatic rings. The van der Waals surface area contributed by atoms with Crippen molar-refractivity contribution in [3.05, 3.63) is 35.4 Å². The molecule has 0 saturated heterocycles. The number of aryl methyl sites for hydroxylation is 1. The van der Waals surface area contributed by atoms with Gasteiger partial charge in [0, 0.05) is 0 Å². The Kier molecular flexibility index (Phi) is 6.28. The number of hydrogen-bond donors (Lipinski definition) is 1. The van der Waals surface area contributed by atoms with Crippen molar-refractivity contribution in [3.8, 4) is 0 Å². The van der Waals surface area contributed by atoms with Crippen LogP contribution in [0, 0.1) is 18.8 Å². The molecule has 0 spiro atoms. The fourth-order valence-corrected chi connectivity index (χ4v) is 2.27. The van der Waals surface area contributed by atoms with Crippen LogP contribution in [0.2, 0.25) is 0 Å². The average Bonchev–Trinajstić information content (AvgIpc) is 2.30. The summed E-state index contributed by atoms with van der Waals surface area (Å²) < 4.78 is 0. The SMILES string of the molecule is Cc1ccccc1CC(CN)CCCC(C)C. The van der Waals surface area contributed by atoms with E-state index in [0.717, 1.165) is 18.9 Å². The van der Waals surface area contributed by atoms with Gasteiger partial charge in [-0.2, -0.15) is 0 Å². The molecule has 1 rings (SSSR count). The normalized spacial score (nSPS) is 13.0. The topological polar surface area (TPSA) is 26.0 Å². The molecule has 96 valence electrons. The summed E-state index contributed by atoms with van der Waals surface area (Å²) in [6.45, 7) is 7.58. The van der Waals surface area contributed by atoms with Gasteiger partial charge in [0.1, 0.15) is 0 Å². The lowest BCUT2D eigenvalue weighted by Gasteiger charge is -2.16. The molecule has 0 amide bonds. The summed E-state index contributed by atoms with van der Waals surface area (Å²) in [4.78, 5) is 0. The van der Waals surface area contributed by atoms with Gasteiger partial charge in [0.15, 0.2) is 0 Å². The minimum atomic E-state index is 0.648. The minimum Gasteiger partial charge on any atom is -0.330 e. The van der Waals surface area contributed by atoms with E-state index in [9.17, 15) is 0 Å². The summed E-state index contributed by atoms with van der Waals surface area (Å²) in [6.07, 6.45) is 5.04. The zero-order chi connectivity index (χ0) is 12.7. The summed E-state index contributed by atoms with van der Waals surface area (Å²) in [5, 5.41) is 0.